The van der Waals surface area contributed by atoms with Crippen LogP contribution in [0.25, 0.3) is 0 Å². The van der Waals surface area contributed by atoms with Crippen molar-refractivity contribution in [2.24, 2.45) is 11.7 Å². The first-order chi connectivity index (χ1) is 16.6. The van der Waals surface area contributed by atoms with Crippen LogP contribution in [0.4, 0.5) is 14.4 Å². The van der Waals surface area contributed by atoms with E-state index in [1.165, 1.54) is 18.2 Å². The molecule has 0 aromatic heterocycles. The molecule has 0 bridgehead atoms. The number of carboxylic acids is 1. The van der Waals surface area contributed by atoms with Crippen molar-refractivity contribution >= 4 is 24.4 Å². The minimum Gasteiger partial charge on any atom is -0.480 e. The molecule has 0 radical (unpaired) electrons. The molecule has 12 nitrogen and oxygen atoms in total. The Labute approximate surface area is 203 Å². The first-order valence-electron chi connectivity index (χ1n) is 11.3. The van der Waals surface area contributed by atoms with Gasteiger partial charge in [0.15, 0.2) is 11.5 Å². The lowest BCUT2D eigenvalue weighted by molar-refractivity contribution is -0.139. The zero-order valence-electron chi connectivity index (χ0n) is 20.3. The average Bonchev–Trinajstić information content (AvgIpc) is 2.79. The highest BCUT2D eigenvalue weighted by molar-refractivity contribution is 5.75. The molecule has 0 spiro atoms. The Hall–Kier alpha value is -3.54. The molecule has 1 rings (SSSR count). The topological polar surface area (TPSA) is 170 Å². The van der Waals surface area contributed by atoms with E-state index in [9.17, 15) is 24.3 Å². The normalized spacial score (nSPS) is 13.1. The minimum absolute atomic E-state index is 0.0296. The van der Waals surface area contributed by atoms with Crippen LogP contribution in [0.5, 0.6) is 11.5 Å². The number of carbonyl (C=O) groups is 4. The van der Waals surface area contributed by atoms with Gasteiger partial charge < -0.3 is 39.3 Å². The molecular weight excluding hydrogens is 466 g/mol. The van der Waals surface area contributed by atoms with Gasteiger partial charge in [-0.1, -0.05) is 26.3 Å². The first-order valence-corrected chi connectivity index (χ1v) is 11.3. The molecule has 0 saturated carbocycles. The maximum absolute atomic E-state index is 11.9. The number of rotatable bonds is 13. The van der Waals surface area contributed by atoms with E-state index < -0.39 is 42.3 Å². The fourth-order valence-corrected chi connectivity index (χ4v) is 3.06. The van der Waals surface area contributed by atoms with Gasteiger partial charge in [0.05, 0.1) is 26.4 Å². The zero-order valence-corrected chi connectivity index (χ0v) is 20.3. The van der Waals surface area contributed by atoms with Crippen LogP contribution in [0.3, 0.4) is 0 Å². The Kier molecular flexibility index (Phi) is 13.0. The summed E-state index contributed by atoms with van der Waals surface area (Å²) >= 11 is 0. The van der Waals surface area contributed by atoms with Crippen LogP contribution in [-0.4, -0.2) is 62.0 Å². The second-order valence-corrected chi connectivity index (χ2v) is 7.41. The molecule has 0 aliphatic rings. The Balaban J connectivity index is 3.22. The molecule has 0 heterocycles. The summed E-state index contributed by atoms with van der Waals surface area (Å²) in [6, 6.07) is 2.65. The standard InChI is InChI=1S/C23H33NO11/c1-5-8-11-32-21(27)33-13-14(4)18(19(24)20(25)26)15-9-10-16(34-22(28)30-6-2)17(12-15)35-23(29)31-7-3/h9-10,12,14,18-19H,5-8,11,13,24H2,1-4H3,(H,25,26)/t14?,18?,19-/m0/s1. The molecule has 1 aromatic rings. The van der Waals surface area contributed by atoms with Gasteiger partial charge in [0.2, 0.25) is 0 Å². The van der Waals surface area contributed by atoms with Crippen LogP contribution in [0.15, 0.2) is 18.2 Å². The van der Waals surface area contributed by atoms with E-state index in [-0.39, 0.29) is 37.9 Å². The summed E-state index contributed by atoms with van der Waals surface area (Å²) in [7, 11) is 0. The van der Waals surface area contributed by atoms with Crippen molar-refractivity contribution in [1.29, 1.82) is 0 Å². The smallest absolute Gasteiger partial charge is 0.480 e. The van der Waals surface area contributed by atoms with E-state index in [2.05, 4.69) is 0 Å². The zero-order chi connectivity index (χ0) is 26.4. The summed E-state index contributed by atoms with van der Waals surface area (Å²) in [6.07, 6.45) is -1.46. The lowest BCUT2D eigenvalue weighted by atomic mass is 9.82. The van der Waals surface area contributed by atoms with Gasteiger partial charge in [0.1, 0.15) is 6.04 Å². The summed E-state index contributed by atoms with van der Waals surface area (Å²) in [4.78, 5) is 47.2. The third-order valence-corrected chi connectivity index (χ3v) is 4.73. The molecule has 3 N–H and O–H groups in total. The van der Waals surface area contributed by atoms with Gasteiger partial charge in [-0.15, -0.1) is 0 Å². The Morgan fingerprint density at radius 3 is 2.03 bits per heavy atom. The van der Waals surface area contributed by atoms with Crippen molar-refractivity contribution in [2.45, 2.75) is 52.5 Å². The molecule has 0 aliphatic heterocycles. The first kappa shape index (κ1) is 29.5. The average molecular weight is 500 g/mol. The van der Waals surface area contributed by atoms with E-state index in [1.807, 2.05) is 6.92 Å². The summed E-state index contributed by atoms with van der Waals surface area (Å²) < 4.78 is 29.8. The van der Waals surface area contributed by atoms with Crippen molar-refractivity contribution in [2.75, 3.05) is 26.4 Å². The number of carbonyl (C=O) groups excluding carboxylic acids is 3. The number of nitrogens with two attached hydrogens (primary N) is 1. The summed E-state index contributed by atoms with van der Waals surface area (Å²) in [5, 5.41) is 9.55. The van der Waals surface area contributed by atoms with Crippen LogP contribution in [-0.2, 0) is 23.7 Å². The molecule has 0 aliphatic carbocycles. The van der Waals surface area contributed by atoms with E-state index >= 15 is 0 Å². The number of hydrogen-bond acceptors (Lipinski definition) is 11. The van der Waals surface area contributed by atoms with Crippen LogP contribution in [0.2, 0.25) is 0 Å². The molecule has 0 fully saturated rings. The number of unbranched alkanes of at least 4 members (excludes halogenated alkanes) is 1. The fourth-order valence-electron chi connectivity index (χ4n) is 3.06. The molecule has 35 heavy (non-hydrogen) atoms. The Morgan fingerprint density at radius 1 is 0.886 bits per heavy atom. The number of aliphatic carboxylic acids is 1. The van der Waals surface area contributed by atoms with E-state index in [0.717, 1.165) is 6.42 Å². The summed E-state index contributed by atoms with van der Waals surface area (Å²) in [5.41, 5.74) is 6.27. The van der Waals surface area contributed by atoms with Gasteiger partial charge in [-0.2, -0.15) is 0 Å². The predicted molar refractivity (Wildman–Crippen MR) is 121 cm³/mol. The second-order valence-electron chi connectivity index (χ2n) is 7.41. The van der Waals surface area contributed by atoms with Gasteiger partial charge in [-0.3, -0.25) is 4.79 Å². The Bertz CT molecular complexity index is 858. The van der Waals surface area contributed by atoms with Crippen molar-refractivity contribution < 1.29 is 52.7 Å². The van der Waals surface area contributed by atoms with Crippen molar-refractivity contribution in [1.82, 2.24) is 0 Å². The van der Waals surface area contributed by atoms with Gasteiger partial charge in [-0.25, -0.2) is 14.4 Å². The van der Waals surface area contributed by atoms with Crippen molar-refractivity contribution in [3.05, 3.63) is 23.8 Å². The highest BCUT2D eigenvalue weighted by Crippen LogP contribution is 2.36. The quantitative estimate of drug-likeness (QED) is 0.174. The SMILES string of the molecule is CCCCOC(=O)OCC(C)C(c1ccc(OC(=O)OCC)c(OC(=O)OCC)c1)[C@H](N)C(=O)O. The fraction of sp³-hybridized carbons (Fsp3) is 0.565. The third-order valence-electron chi connectivity index (χ3n) is 4.73. The molecular formula is C23H33NO11. The van der Waals surface area contributed by atoms with Crippen molar-refractivity contribution in [3.63, 3.8) is 0 Å². The molecule has 2 unspecified atom stereocenters. The number of benzene rings is 1. The van der Waals surface area contributed by atoms with Gasteiger partial charge in [0.25, 0.3) is 0 Å². The number of ether oxygens (including phenoxy) is 6. The Morgan fingerprint density at radius 2 is 1.49 bits per heavy atom. The lowest BCUT2D eigenvalue weighted by Crippen LogP contribution is -2.40. The van der Waals surface area contributed by atoms with Crippen LogP contribution in [0.1, 0.15) is 52.0 Å². The van der Waals surface area contributed by atoms with Gasteiger partial charge >= 0.3 is 24.4 Å². The lowest BCUT2D eigenvalue weighted by Gasteiger charge is -2.27. The molecule has 0 saturated heterocycles. The van der Waals surface area contributed by atoms with Crippen molar-refractivity contribution in [3.8, 4) is 11.5 Å². The largest absolute Gasteiger partial charge is 0.513 e. The van der Waals surface area contributed by atoms with Crippen LogP contribution >= 0.6 is 0 Å². The molecule has 3 atom stereocenters. The third kappa shape index (κ3) is 10.1. The monoisotopic (exact) mass is 499 g/mol. The number of carboxylic acid groups (broad SMARTS) is 1. The highest BCUT2D eigenvalue weighted by atomic mass is 16.7. The molecule has 12 heteroatoms. The van der Waals surface area contributed by atoms with Crippen LogP contribution < -0.4 is 15.2 Å². The minimum atomic E-state index is -1.41. The predicted octanol–water partition coefficient (Wildman–Crippen LogP) is 3.84. The number of hydrogen-bond donors (Lipinski definition) is 2. The van der Waals surface area contributed by atoms with Crippen LogP contribution in [0, 0.1) is 5.92 Å². The van der Waals surface area contributed by atoms with E-state index in [4.69, 9.17) is 34.2 Å². The summed E-state index contributed by atoms with van der Waals surface area (Å²) in [6.45, 7) is 6.84. The molecule has 196 valence electrons. The van der Waals surface area contributed by atoms with E-state index in [0.29, 0.717) is 12.0 Å². The molecule has 1 aromatic carbocycles. The highest BCUT2D eigenvalue weighted by Gasteiger charge is 2.33. The second kappa shape index (κ2) is 15.4. The van der Waals surface area contributed by atoms with Gasteiger partial charge in [0, 0.05) is 5.92 Å². The maximum Gasteiger partial charge on any atom is 0.513 e. The summed E-state index contributed by atoms with van der Waals surface area (Å²) in [5.74, 6) is -3.16. The maximum atomic E-state index is 11.9. The molecule has 0 amide bonds. The van der Waals surface area contributed by atoms with Gasteiger partial charge in [-0.05, 0) is 43.9 Å². The van der Waals surface area contributed by atoms with E-state index in [1.54, 1.807) is 20.8 Å².